The first-order chi connectivity index (χ1) is 5.97. The van der Waals surface area contributed by atoms with E-state index in [9.17, 15) is 8.42 Å². The number of quaternary nitrogens is 1. The Bertz CT molecular complexity index is 245. The molecule has 1 saturated heterocycles. The van der Waals surface area contributed by atoms with Gasteiger partial charge in [-0.1, -0.05) is 13.3 Å². The topological polar surface area (TPSA) is 34.1 Å². The molecule has 0 aromatic carbocycles. The van der Waals surface area contributed by atoms with Gasteiger partial charge >= 0.3 is 0 Å². The second kappa shape index (κ2) is 3.96. The molecule has 1 rings (SSSR count). The maximum Gasteiger partial charge on any atom is 0.161 e. The summed E-state index contributed by atoms with van der Waals surface area (Å²) in [4.78, 5) is 0. The van der Waals surface area contributed by atoms with Gasteiger partial charge in [-0.05, 0) is 6.42 Å². The molecule has 4 heteroatoms. The molecule has 0 N–H and O–H groups in total. The molecule has 0 spiro atoms. The highest BCUT2D eigenvalue weighted by Gasteiger charge is 2.31. The average molecular weight is 206 g/mol. The van der Waals surface area contributed by atoms with E-state index < -0.39 is 9.84 Å². The normalized spacial score (nSPS) is 25.7. The third-order valence-corrected chi connectivity index (χ3v) is 4.54. The second-order valence-corrected chi connectivity index (χ2v) is 6.60. The van der Waals surface area contributed by atoms with Crippen LogP contribution in [0.3, 0.4) is 0 Å². The molecular weight excluding hydrogens is 186 g/mol. The lowest BCUT2D eigenvalue weighted by atomic mass is 10.3. The van der Waals surface area contributed by atoms with Gasteiger partial charge in [0.15, 0.2) is 9.84 Å². The fourth-order valence-corrected chi connectivity index (χ4v) is 3.34. The Labute approximate surface area is 81.2 Å². The van der Waals surface area contributed by atoms with Crippen LogP contribution in [-0.4, -0.2) is 51.1 Å². The Hall–Kier alpha value is -0.0900. The zero-order chi connectivity index (χ0) is 9.95. The Balaban J connectivity index is 2.46. The minimum atomic E-state index is -2.69. The van der Waals surface area contributed by atoms with Gasteiger partial charge in [-0.15, -0.1) is 0 Å². The predicted octanol–water partition coefficient (Wildman–Crippen LogP) is 0.662. The van der Waals surface area contributed by atoms with Crippen molar-refractivity contribution < 1.29 is 12.9 Å². The van der Waals surface area contributed by atoms with E-state index in [4.69, 9.17) is 0 Å². The quantitative estimate of drug-likeness (QED) is 0.636. The van der Waals surface area contributed by atoms with Crippen molar-refractivity contribution in [3.63, 3.8) is 0 Å². The lowest BCUT2D eigenvalue weighted by Gasteiger charge is -2.37. The summed E-state index contributed by atoms with van der Waals surface area (Å²) in [6, 6.07) is 0. The van der Waals surface area contributed by atoms with E-state index in [0.717, 1.165) is 24.1 Å². The van der Waals surface area contributed by atoms with Gasteiger partial charge in [0, 0.05) is 0 Å². The standard InChI is InChI=1S/C9H20NO2S/c1-3-4-5-10(2)6-8-13(11,12)9-7-10/h3-9H2,1-2H3/q+1. The molecule has 1 aliphatic heterocycles. The van der Waals surface area contributed by atoms with Crippen molar-refractivity contribution in [1.29, 1.82) is 0 Å². The van der Waals surface area contributed by atoms with E-state index in [1.807, 2.05) is 0 Å². The smallest absolute Gasteiger partial charge is 0.161 e. The van der Waals surface area contributed by atoms with E-state index in [-0.39, 0.29) is 0 Å². The van der Waals surface area contributed by atoms with Crippen molar-refractivity contribution in [3.8, 4) is 0 Å². The van der Waals surface area contributed by atoms with Crippen LogP contribution in [0.1, 0.15) is 19.8 Å². The maximum absolute atomic E-state index is 11.2. The third kappa shape index (κ3) is 3.27. The summed E-state index contributed by atoms with van der Waals surface area (Å²) in [7, 11) is -0.523. The van der Waals surface area contributed by atoms with Gasteiger partial charge in [0.2, 0.25) is 0 Å². The number of nitrogens with zero attached hydrogens (tertiary/aromatic N) is 1. The number of unbranched alkanes of at least 4 members (excludes halogenated alkanes) is 1. The molecular formula is C9H20NO2S+. The maximum atomic E-state index is 11.2. The molecule has 0 aromatic rings. The van der Waals surface area contributed by atoms with Crippen LogP contribution in [0.25, 0.3) is 0 Å². The van der Waals surface area contributed by atoms with E-state index in [1.54, 1.807) is 0 Å². The SMILES string of the molecule is CCCC[N+]1(C)CCS(=O)(=O)CC1. The lowest BCUT2D eigenvalue weighted by molar-refractivity contribution is -0.906. The zero-order valence-electron chi connectivity index (χ0n) is 8.62. The highest BCUT2D eigenvalue weighted by Crippen LogP contribution is 2.12. The number of hydrogen-bond donors (Lipinski definition) is 0. The molecule has 0 radical (unpaired) electrons. The van der Waals surface area contributed by atoms with Crippen LogP contribution in [0.4, 0.5) is 0 Å². The first-order valence-corrected chi connectivity index (χ1v) is 6.84. The molecule has 1 heterocycles. The molecule has 0 atom stereocenters. The molecule has 0 amide bonds. The molecule has 1 aliphatic rings. The molecule has 0 aliphatic carbocycles. The summed E-state index contributed by atoms with van der Waals surface area (Å²) >= 11 is 0. The minimum Gasteiger partial charge on any atom is -0.324 e. The van der Waals surface area contributed by atoms with Crippen molar-refractivity contribution in [2.75, 3.05) is 38.2 Å². The van der Waals surface area contributed by atoms with E-state index in [2.05, 4.69) is 14.0 Å². The molecule has 0 bridgehead atoms. The second-order valence-electron chi connectivity index (χ2n) is 4.30. The fourth-order valence-electron chi connectivity index (χ4n) is 1.70. The van der Waals surface area contributed by atoms with Crippen LogP contribution >= 0.6 is 0 Å². The van der Waals surface area contributed by atoms with Gasteiger partial charge in [0.05, 0.1) is 38.2 Å². The van der Waals surface area contributed by atoms with Crippen LogP contribution in [0.15, 0.2) is 0 Å². The summed E-state index contributed by atoms with van der Waals surface area (Å²) in [6.45, 7) is 4.92. The number of hydrogen-bond acceptors (Lipinski definition) is 2. The summed E-state index contributed by atoms with van der Waals surface area (Å²) < 4.78 is 23.4. The van der Waals surface area contributed by atoms with Gasteiger partial charge < -0.3 is 4.48 Å². The summed E-state index contributed by atoms with van der Waals surface area (Å²) in [5.74, 6) is 0.764. The Morgan fingerprint density at radius 1 is 1.23 bits per heavy atom. The fraction of sp³-hybridized carbons (Fsp3) is 1.00. The monoisotopic (exact) mass is 206 g/mol. The van der Waals surface area contributed by atoms with Crippen molar-refractivity contribution in [1.82, 2.24) is 0 Å². The van der Waals surface area contributed by atoms with Crippen molar-refractivity contribution in [2.24, 2.45) is 0 Å². The van der Waals surface area contributed by atoms with Gasteiger partial charge in [0.25, 0.3) is 0 Å². The Morgan fingerprint density at radius 3 is 2.23 bits per heavy atom. The van der Waals surface area contributed by atoms with Crippen LogP contribution < -0.4 is 0 Å². The molecule has 0 saturated carbocycles. The van der Waals surface area contributed by atoms with E-state index in [0.29, 0.717) is 11.5 Å². The largest absolute Gasteiger partial charge is 0.324 e. The van der Waals surface area contributed by atoms with Crippen LogP contribution in [0, 0.1) is 0 Å². The average Bonchev–Trinajstić information content (AvgIpc) is 2.08. The molecule has 0 unspecified atom stereocenters. The summed E-state index contributed by atoms with van der Waals surface area (Å²) in [5, 5.41) is 0. The summed E-state index contributed by atoms with van der Waals surface area (Å²) in [6.07, 6.45) is 2.40. The Kier molecular flexibility index (Phi) is 3.35. The predicted molar refractivity (Wildman–Crippen MR) is 54.3 cm³/mol. The van der Waals surface area contributed by atoms with E-state index in [1.165, 1.54) is 12.8 Å². The van der Waals surface area contributed by atoms with Crippen LogP contribution in [0.5, 0.6) is 0 Å². The first-order valence-electron chi connectivity index (χ1n) is 5.01. The highest BCUT2D eigenvalue weighted by atomic mass is 32.2. The van der Waals surface area contributed by atoms with Gasteiger partial charge in [-0.25, -0.2) is 8.42 Å². The van der Waals surface area contributed by atoms with Crippen LogP contribution in [0.2, 0.25) is 0 Å². The van der Waals surface area contributed by atoms with Gasteiger partial charge in [-0.2, -0.15) is 0 Å². The summed E-state index contributed by atoms with van der Waals surface area (Å²) in [5.41, 5.74) is 0. The van der Waals surface area contributed by atoms with Crippen molar-refractivity contribution in [2.45, 2.75) is 19.8 Å². The number of rotatable bonds is 3. The van der Waals surface area contributed by atoms with Gasteiger partial charge in [0.1, 0.15) is 0 Å². The molecule has 78 valence electrons. The van der Waals surface area contributed by atoms with Crippen molar-refractivity contribution >= 4 is 9.84 Å². The molecule has 3 nitrogen and oxygen atoms in total. The van der Waals surface area contributed by atoms with E-state index >= 15 is 0 Å². The van der Waals surface area contributed by atoms with Crippen molar-refractivity contribution in [3.05, 3.63) is 0 Å². The van der Waals surface area contributed by atoms with Gasteiger partial charge in [-0.3, -0.25) is 0 Å². The van der Waals surface area contributed by atoms with Crippen LogP contribution in [-0.2, 0) is 9.84 Å². The lowest BCUT2D eigenvalue weighted by Crippen LogP contribution is -2.54. The molecule has 0 aromatic heterocycles. The minimum absolute atomic E-state index is 0.382. The highest BCUT2D eigenvalue weighted by molar-refractivity contribution is 7.91. The number of sulfone groups is 1. The zero-order valence-corrected chi connectivity index (χ0v) is 9.44. The first kappa shape index (κ1) is 11.0. The Morgan fingerprint density at radius 2 is 1.77 bits per heavy atom. The third-order valence-electron chi connectivity index (χ3n) is 2.94. The molecule has 1 fully saturated rings. The molecule has 13 heavy (non-hydrogen) atoms.